The fourth-order valence-corrected chi connectivity index (χ4v) is 6.42. The molecule has 1 N–H and O–H groups in total. The number of benzene rings is 3. The van der Waals surface area contributed by atoms with Crippen LogP contribution in [0.4, 0.5) is 4.39 Å². The molecule has 2 aliphatic rings. The zero-order valence-corrected chi connectivity index (χ0v) is 21.6. The van der Waals surface area contributed by atoms with E-state index in [4.69, 9.17) is 4.74 Å². The minimum absolute atomic E-state index is 0.146. The summed E-state index contributed by atoms with van der Waals surface area (Å²) in [5.74, 6) is 1.18. The number of rotatable bonds is 7. The number of phenolic OH excluding ortho intramolecular Hbond substituents is 1. The van der Waals surface area contributed by atoms with E-state index in [-0.39, 0.29) is 12.8 Å². The number of halogens is 1. The van der Waals surface area contributed by atoms with Crippen LogP contribution in [0.15, 0.2) is 66.2 Å². The molecule has 0 radical (unpaired) electrons. The number of aromatic nitrogens is 1. The molecule has 37 heavy (non-hydrogen) atoms. The number of nitrogens with zero attached hydrogens (tertiary/aromatic N) is 2. The summed E-state index contributed by atoms with van der Waals surface area (Å²) in [6, 6.07) is 20.8. The zero-order chi connectivity index (χ0) is 25.2. The van der Waals surface area contributed by atoms with E-state index in [2.05, 4.69) is 58.4 Å². The van der Waals surface area contributed by atoms with Gasteiger partial charge in [0.15, 0.2) is 0 Å². The number of hydrogen-bond donors (Lipinski definition) is 1. The maximum Gasteiger partial charge on any atom is 0.119 e. The lowest BCUT2D eigenvalue weighted by atomic mass is 9.88. The lowest BCUT2D eigenvalue weighted by molar-refractivity contribution is 0.198. The highest BCUT2D eigenvalue weighted by Gasteiger charge is 2.24. The van der Waals surface area contributed by atoms with Gasteiger partial charge in [-0.25, -0.2) is 4.98 Å². The summed E-state index contributed by atoms with van der Waals surface area (Å²) < 4.78 is 20.0. The summed E-state index contributed by atoms with van der Waals surface area (Å²) in [5, 5.41) is 10.2. The summed E-state index contributed by atoms with van der Waals surface area (Å²) >= 11 is 1.67. The van der Waals surface area contributed by atoms with Crippen molar-refractivity contribution in [2.24, 2.45) is 0 Å². The van der Waals surface area contributed by atoms with Crippen LogP contribution >= 0.6 is 11.3 Å². The van der Waals surface area contributed by atoms with Crippen LogP contribution in [0.25, 0.3) is 21.4 Å². The summed E-state index contributed by atoms with van der Waals surface area (Å²) in [7, 11) is 0. The molecular weight excluding hydrogens is 483 g/mol. The van der Waals surface area contributed by atoms with E-state index in [0.717, 1.165) is 62.1 Å². The highest BCUT2D eigenvalue weighted by molar-refractivity contribution is 7.16. The summed E-state index contributed by atoms with van der Waals surface area (Å²) in [6.07, 6.45) is 4.63. The molecule has 1 fully saturated rings. The second-order valence-electron chi connectivity index (χ2n) is 9.98. The first-order chi connectivity index (χ1) is 18.2. The monoisotopic (exact) mass is 514 g/mol. The van der Waals surface area contributed by atoms with Gasteiger partial charge in [0.1, 0.15) is 17.6 Å². The van der Waals surface area contributed by atoms with Crippen LogP contribution in [0.2, 0.25) is 0 Å². The molecule has 4 aromatic rings. The Bertz CT molecular complexity index is 1430. The average molecular weight is 515 g/mol. The van der Waals surface area contributed by atoms with E-state index < -0.39 is 0 Å². The first kappa shape index (κ1) is 24.1. The molecule has 3 aromatic carbocycles. The Labute approximate surface area is 221 Å². The zero-order valence-electron chi connectivity index (χ0n) is 20.8. The number of aryl methyl sites for hydroxylation is 1. The van der Waals surface area contributed by atoms with Gasteiger partial charge in [0.2, 0.25) is 0 Å². The van der Waals surface area contributed by atoms with Gasteiger partial charge in [0, 0.05) is 19.6 Å². The van der Waals surface area contributed by atoms with Crippen LogP contribution in [0.3, 0.4) is 0 Å². The molecule has 6 rings (SSSR count). The normalized spacial score (nSPS) is 18.2. The van der Waals surface area contributed by atoms with Gasteiger partial charge in [0.05, 0.1) is 22.4 Å². The average Bonchev–Trinajstić information content (AvgIpc) is 3.53. The Morgan fingerprint density at radius 1 is 1.03 bits per heavy atom. The number of ether oxygens (including phenoxy) is 1. The largest absolute Gasteiger partial charge is 0.508 e. The number of hydrogen-bond acceptors (Lipinski definition) is 5. The number of fused-ring (bicyclic) bond motifs is 2. The molecule has 1 aliphatic carbocycles. The number of phenols is 1. The van der Waals surface area contributed by atoms with Crippen molar-refractivity contribution in [3.8, 4) is 11.5 Å². The van der Waals surface area contributed by atoms with E-state index >= 15 is 0 Å². The SMILES string of the molecule is Oc1ccc2c(c1)CCCC(c1ccc3ncsc3c1)=C2c1ccc(O[C@H]2CCN(CCCF)C2)cc1. The van der Waals surface area contributed by atoms with Crippen molar-refractivity contribution in [3.05, 3.63) is 88.4 Å². The Balaban J connectivity index is 1.35. The van der Waals surface area contributed by atoms with Crippen LogP contribution in [0, 0.1) is 0 Å². The van der Waals surface area contributed by atoms with Gasteiger partial charge in [-0.15, -0.1) is 11.3 Å². The van der Waals surface area contributed by atoms with Crippen molar-refractivity contribution in [1.29, 1.82) is 0 Å². The molecule has 6 heteroatoms. The Morgan fingerprint density at radius 3 is 2.76 bits per heavy atom. The fraction of sp³-hybridized carbons (Fsp3) is 0.323. The Morgan fingerprint density at radius 2 is 1.89 bits per heavy atom. The predicted molar refractivity (Wildman–Crippen MR) is 149 cm³/mol. The van der Waals surface area contributed by atoms with Gasteiger partial charge in [-0.3, -0.25) is 9.29 Å². The highest BCUT2D eigenvalue weighted by Crippen LogP contribution is 2.41. The molecule has 4 nitrogen and oxygen atoms in total. The Kier molecular flexibility index (Phi) is 6.94. The van der Waals surface area contributed by atoms with Crippen LogP contribution in [-0.4, -0.2) is 47.4 Å². The van der Waals surface area contributed by atoms with Crippen LogP contribution < -0.4 is 4.74 Å². The molecular formula is C31H31FN2O2S. The number of thiazole rings is 1. The van der Waals surface area contributed by atoms with Crippen molar-refractivity contribution in [2.45, 2.75) is 38.2 Å². The molecule has 1 atom stereocenters. The molecule has 0 unspecified atom stereocenters. The van der Waals surface area contributed by atoms with Gasteiger partial charge in [-0.05, 0) is 102 Å². The van der Waals surface area contributed by atoms with E-state index in [1.54, 1.807) is 17.4 Å². The predicted octanol–water partition coefficient (Wildman–Crippen LogP) is 7.11. The minimum atomic E-state index is -0.262. The summed E-state index contributed by atoms with van der Waals surface area (Å²) in [5.41, 5.74) is 10.2. The first-order valence-corrected chi connectivity index (χ1v) is 14.0. The standard InChI is InChI=1S/C31H31FN2O2S/c32-14-2-15-34-16-13-26(19-34)36-25-9-5-21(6-10-25)31-27(23-7-12-29-30(18-23)37-20-33-29)4-1-3-22-17-24(35)8-11-28(22)31/h5-12,17-18,20,26,35H,1-4,13-16,19H2/t26-/m0/s1. The molecule has 0 spiro atoms. The molecule has 190 valence electrons. The van der Waals surface area contributed by atoms with Gasteiger partial charge < -0.3 is 9.84 Å². The highest BCUT2D eigenvalue weighted by atomic mass is 32.1. The molecule has 0 amide bonds. The maximum atomic E-state index is 12.5. The molecule has 0 bridgehead atoms. The van der Waals surface area contributed by atoms with E-state index in [1.807, 2.05) is 11.6 Å². The maximum absolute atomic E-state index is 12.5. The number of alkyl halides is 1. The van der Waals surface area contributed by atoms with Gasteiger partial charge in [-0.1, -0.05) is 24.3 Å². The van der Waals surface area contributed by atoms with Crippen molar-refractivity contribution in [3.63, 3.8) is 0 Å². The van der Waals surface area contributed by atoms with Crippen molar-refractivity contribution in [1.82, 2.24) is 9.88 Å². The van der Waals surface area contributed by atoms with Crippen LogP contribution in [-0.2, 0) is 6.42 Å². The van der Waals surface area contributed by atoms with E-state index in [0.29, 0.717) is 12.2 Å². The lowest BCUT2D eigenvalue weighted by Gasteiger charge is -2.18. The Hall–Kier alpha value is -3.22. The third-order valence-corrected chi connectivity index (χ3v) is 8.29. The molecule has 0 saturated carbocycles. The van der Waals surface area contributed by atoms with Gasteiger partial charge >= 0.3 is 0 Å². The first-order valence-electron chi connectivity index (χ1n) is 13.1. The quantitative estimate of drug-likeness (QED) is 0.285. The van der Waals surface area contributed by atoms with Crippen molar-refractivity contribution >= 4 is 32.7 Å². The van der Waals surface area contributed by atoms with Gasteiger partial charge in [-0.2, -0.15) is 0 Å². The minimum Gasteiger partial charge on any atom is -0.508 e. The van der Waals surface area contributed by atoms with Crippen molar-refractivity contribution in [2.75, 3.05) is 26.3 Å². The third-order valence-electron chi connectivity index (χ3n) is 7.50. The topological polar surface area (TPSA) is 45.6 Å². The molecule has 1 aliphatic heterocycles. The summed E-state index contributed by atoms with van der Waals surface area (Å²) in [6.45, 7) is 2.36. The number of aromatic hydroxyl groups is 1. The summed E-state index contributed by atoms with van der Waals surface area (Å²) in [4.78, 5) is 6.74. The van der Waals surface area contributed by atoms with Gasteiger partial charge in [0.25, 0.3) is 0 Å². The van der Waals surface area contributed by atoms with E-state index in [1.165, 1.54) is 32.5 Å². The van der Waals surface area contributed by atoms with E-state index in [9.17, 15) is 9.50 Å². The fourth-order valence-electron chi connectivity index (χ4n) is 5.71. The molecule has 1 saturated heterocycles. The van der Waals surface area contributed by atoms with Crippen molar-refractivity contribution < 1.29 is 14.2 Å². The second kappa shape index (κ2) is 10.6. The second-order valence-corrected chi connectivity index (χ2v) is 10.9. The van der Waals surface area contributed by atoms with Crippen LogP contribution in [0.1, 0.15) is 47.9 Å². The number of likely N-dealkylation sites (tertiary alicyclic amines) is 1. The smallest absolute Gasteiger partial charge is 0.119 e. The molecule has 2 heterocycles. The molecule has 1 aromatic heterocycles. The lowest BCUT2D eigenvalue weighted by Crippen LogP contribution is -2.26. The van der Waals surface area contributed by atoms with Crippen LogP contribution in [0.5, 0.6) is 11.5 Å². The third kappa shape index (κ3) is 5.13. The number of allylic oxidation sites excluding steroid dienone is 1.